The van der Waals surface area contributed by atoms with Crippen molar-refractivity contribution in [3.05, 3.63) is 40.1 Å². The SMILES string of the molecule is Cc1nc(CCn2c(C)nc3cc(N)ccc32)cs1. The van der Waals surface area contributed by atoms with Crippen LogP contribution in [0.5, 0.6) is 0 Å². The molecule has 2 heterocycles. The number of hydrogen-bond donors (Lipinski definition) is 1. The van der Waals surface area contributed by atoms with Gasteiger partial charge in [-0.1, -0.05) is 0 Å². The van der Waals surface area contributed by atoms with E-state index in [0.717, 1.165) is 46.2 Å². The maximum Gasteiger partial charge on any atom is 0.106 e. The summed E-state index contributed by atoms with van der Waals surface area (Å²) in [4.78, 5) is 9.06. The molecule has 0 atom stereocenters. The predicted octanol–water partition coefficient (Wildman–Crippen LogP) is 2.93. The second-order valence-corrected chi connectivity index (χ2v) is 5.73. The van der Waals surface area contributed by atoms with Crippen molar-refractivity contribution in [3.63, 3.8) is 0 Å². The van der Waals surface area contributed by atoms with Gasteiger partial charge in [-0.05, 0) is 32.0 Å². The van der Waals surface area contributed by atoms with Crippen LogP contribution in [0.3, 0.4) is 0 Å². The van der Waals surface area contributed by atoms with E-state index in [9.17, 15) is 0 Å². The average molecular weight is 272 g/mol. The number of nitrogen functional groups attached to an aromatic ring is 1. The van der Waals surface area contributed by atoms with E-state index in [0.29, 0.717) is 0 Å². The molecule has 4 nitrogen and oxygen atoms in total. The first-order valence-electron chi connectivity index (χ1n) is 6.27. The van der Waals surface area contributed by atoms with Crippen LogP contribution in [-0.4, -0.2) is 14.5 Å². The minimum absolute atomic E-state index is 0.757. The highest BCUT2D eigenvalue weighted by atomic mass is 32.1. The molecule has 3 rings (SSSR count). The van der Waals surface area contributed by atoms with E-state index in [1.54, 1.807) is 11.3 Å². The van der Waals surface area contributed by atoms with Gasteiger partial charge in [-0.25, -0.2) is 9.97 Å². The molecule has 0 saturated carbocycles. The zero-order chi connectivity index (χ0) is 13.4. The summed E-state index contributed by atoms with van der Waals surface area (Å²) in [6.07, 6.45) is 0.932. The Hall–Kier alpha value is -1.88. The Bertz CT molecular complexity index is 726. The van der Waals surface area contributed by atoms with Gasteiger partial charge in [0.2, 0.25) is 0 Å². The van der Waals surface area contributed by atoms with E-state index in [4.69, 9.17) is 5.73 Å². The normalized spacial score (nSPS) is 11.3. The van der Waals surface area contributed by atoms with Gasteiger partial charge >= 0.3 is 0 Å². The maximum atomic E-state index is 5.79. The van der Waals surface area contributed by atoms with Gasteiger partial charge in [0, 0.05) is 24.0 Å². The van der Waals surface area contributed by atoms with Crippen molar-refractivity contribution in [2.24, 2.45) is 0 Å². The second-order valence-electron chi connectivity index (χ2n) is 4.67. The van der Waals surface area contributed by atoms with Crippen molar-refractivity contribution in [2.45, 2.75) is 26.8 Å². The lowest BCUT2D eigenvalue weighted by Gasteiger charge is -2.05. The van der Waals surface area contributed by atoms with Crippen LogP contribution in [0.2, 0.25) is 0 Å². The molecule has 1 aromatic carbocycles. The minimum Gasteiger partial charge on any atom is -0.399 e. The summed E-state index contributed by atoms with van der Waals surface area (Å²) in [7, 11) is 0. The molecule has 0 aliphatic carbocycles. The zero-order valence-electron chi connectivity index (χ0n) is 11.1. The molecule has 2 N–H and O–H groups in total. The number of fused-ring (bicyclic) bond motifs is 1. The molecule has 98 valence electrons. The van der Waals surface area contributed by atoms with Gasteiger partial charge in [-0.2, -0.15) is 0 Å². The number of nitrogens with zero attached hydrogens (tertiary/aromatic N) is 3. The Labute approximate surface area is 115 Å². The lowest BCUT2D eigenvalue weighted by atomic mass is 10.2. The lowest BCUT2D eigenvalue weighted by molar-refractivity contribution is 0.683. The smallest absolute Gasteiger partial charge is 0.106 e. The number of imidazole rings is 1. The first kappa shape index (κ1) is 12.2. The Morgan fingerprint density at radius 3 is 2.84 bits per heavy atom. The Morgan fingerprint density at radius 1 is 1.26 bits per heavy atom. The minimum atomic E-state index is 0.757. The summed E-state index contributed by atoms with van der Waals surface area (Å²) < 4.78 is 2.23. The number of rotatable bonds is 3. The van der Waals surface area contributed by atoms with Gasteiger partial charge < -0.3 is 10.3 Å². The third-order valence-electron chi connectivity index (χ3n) is 3.22. The highest BCUT2D eigenvalue weighted by Crippen LogP contribution is 2.19. The third-order valence-corrected chi connectivity index (χ3v) is 4.04. The van der Waals surface area contributed by atoms with Gasteiger partial charge in [-0.3, -0.25) is 0 Å². The topological polar surface area (TPSA) is 56.7 Å². The van der Waals surface area contributed by atoms with E-state index in [1.165, 1.54) is 0 Å². The lowest BCUT2D eigenvalue weighted by Crippen LogP contribution is -2.03. The van der Waals surface area contributed by atoms with Crippen molar-refractivity contribution in [1.29, 1.82) is 0 Å². The molecule has 3 aromatic rings. The summed E-state index contributed by atoms with van der Waals surface area (Å²) in [5.41, 5.74) is 9.80. The second kappa shape index (κ2) is 4.66. The van der Waals surface area contributed by atoms with E-state index in [-0.39, 0.29) is 0 Å². The van der Waals surface area contributed by atoms with Gasteiger partial charge in [-0.15, -0.1) is 11.3 Å². The number of hydrogen-bond acceptors (Lipinski definition) is 4. The Kier molecular flexibility index (Phi) is 2.98. The molecule has 2 aromatic heterocycles. The molecule has 0 fully saturated rings. The number of aryl methyl sites for hydroxylation is 4. The van der Waals surface area contributed by atoms with E-state index < -0.39 is 0 Å². The van der Waals surface area contributed by atoms with Crippen molar-refractivity contribution in [2.75, 3.05) is 5.73 Å². The highest BCUT2D eigenvalue weighted by molar-refractivity contribution is 7.09. The molecular formula is C14H16N4S. The molecule has 0 radical (unpaired) electrons. The van der Waals surface area contributed by atoms with Gasteiger partial charge in [0.05, 0.1) is 21.7 Å². The summed E-state index contributed by atoms with van der Waals surface area (Å²) in [5.74, 6) is 1.02. The van der Waals surface area contributed by atoms with Crippen LogP contribution in [0, 0.1) is 13.8 Å². The fourth-order valence-corrected chi connectivity index (χ4v) is 2.95. The van der Waals surface area contributed by atoms with E-state index in [1.807, 2.05) is 32.0 Å². The largest absolute Gasteiger partial charge is 0.399 e. The molecule has 0 saturated heterocycles. The first-order valence-corrected chi connectivity index (χ1v) is 7.15. The monoisotopic (exact) mass is 272 g/mol. The summed E-state index contributed by atoms with van der Waals surface area (Å²) in [6.45, 7) is 4.96. The first-order chi connectivity index (χ1) is 9.13. The molecule has 19 heavy (non-hydrogen) atoms. The summed E-state index contributed by atoms with van der Waals surface area (Å²) in [5, 5.41) is 3.25. The van der Waals surface area contributed by atoms with Crippen LogP contribution in [0.4, 0.5) is 5.69 Å². The molecule has 0 spiro atoms. The highest BCUT2D eigenvalue weighted by Gasteiger charge is 2.08. The van der Waals surface area contributed by atoms with Crippen molar-refractivity contribution >= 4 is 28.1 Å². The van der Waals surface area contributed by atoms with Crippen LogP contribution in [-0.2, 0) is 13.0 Å². The van der Waals surface area contributed by atoms with Gasteiger partial charge in [0.15, 0.2) is 0 Å². The van der Waals surface area contributed by atoms with Crippen LogP contribution in [0.1, 0.15) is 16.5 Å². The maximum absolute atomic E-state index is 5.79. The molecule has 0 amide bonds. The summed E-state index contributed by atoms with van der Waals surface area (Å²) in [6, 6.07) is 5.88. The number of anilines is 1. The van der Waals surface area contributed by atoms with Crippen LogP contribution in [0.25, 0.3) is 11.0 Å². The van der Waals surface area contributed by atoms with Crippen molar-refractivity contribution in [3.8, 4) is 0 Å². The number of nitrogens with two attached hydrogens (primary N) is 1. The molecule has 5 heteroatoms. The van der Waals surface area contributed by atoms with Gasteiger partial charge in [0.25, 0.3) is 0 Å². The third kappa shape index (κ3) is 2.33. The number of benzene rings is 1. The zero-order valence-corrected chi connectivity index (χ0v) is 11.9. The van der Waals surface area contributed by atoms with Crippen molar-refractivity contribution in [1.82, 2.24) is 14.5 Å². The Morgan fingerprint density at radius 2 is 2.11 bits per heavy atom. The molecule has 0 unspecified atom stereocenters. The van der Waals surface area contributed by atoms with Crippen LogP contribution in [0.15, 0.2) is 23.6 Å². The molecule has 0 aliphatic heterocycles. The van der Waals surface area contributed by atoms with E-state index >= 15 is 0 Å². The van der Waals surface area contributed by atoms with Crippen LogP contribution < -0.4 is 5.73 Å². The van der Waals surface area contributed by atoms with Gasteiger partial charge in [0.1, 0.15) is 5.82 Å². The fraction of sp³-hybridized carbons (Fsp3) is 0.286. The number of thiazole rings is 1. The molecule has 0 aliphatic rings. The molecule has 0 bridgehead atoms. The van der Waals surface area contributed by atoms with Crippen molar-refractivity contribution < 1.29 is 0 Å². The fourth-order valence-electron chi connectivity index (χ4n) is 2.30. The quantitative estimate of drug-likeness (QED) is 0.746. The van der Waals surface area contributed by atoms with E-state index in [2.05, 4.69) is 19.9 Å². The average Bonchev–Trinajstić information content (AvgIpc) is 2.89. The summed E-state index contributed by atoms with van der Waals surface area (Å²) >= 11 is 1.70. The predicted molar refractivity (Wildman–Crippen MR) is 79.4 cm³/mol. The van der Waals surface area contributed by atoms with Crippen LogP contribution >= 0.6 is 11.3 Å². The standard InChI is InChI=1S/C14H16N4S/c1-9-16-13-7-11(15)3-4-14(13)18(9)6-5-12-8-19-10(2)17-12/h3-4,7-8H,5-6,15H2,1-2H3. The Balaban J connectivity index is 1.90. The molecular weight excluding hydrogens is 256 g/mol. The number of aromatic nitrogens is 3.